The third kappa shape index (κ3) is 4.96. The predicted molar refractivity (Wildman–Crippen MR) is 134 cm³/mol. The lowest BCUT2D eigenvalue weighted by atomic mass is 9.88. The molecule has 3 aromatic rings. The SMILES string of the molecule is CCOC(=O)c1c(NC(=O)c2cc3n(n2)[C@H](C(F)(F)F)C[C@H](c2ccccc2)N3)sc2c1CC[C@@H](C)C2. The molecule has 5 rings (SSSR count). The maximum Gasteiger partial charge on any atom is 0.410 e. The minimum absolute atomic E-state index is 0.109. The zero-order valence-corrected chi connectivity index (χ0v) is 21.2. The summed E-state index contributed by atoms with van der Waals surface area (Å²) in [5.74, 6) is -0.637. The summed E-state index contributed by atoms with van der Waals surface area (Å²) >= 11 is 1.32. The van der Waals surface area contributed by atoms with Crippen LogP contribution < -0.4 is 10.6 Å². The number of nitrogens with zero attached hydrogens (tertiary/aromatic N) is 2. The maximum absolute atomic E-state index is 14.0. The van der Waals surface area contributed by atoms with E-state index in [9.17, 15) is 22.8 Å². The molecule has 196 valence electrons. The monoisotopic (exact) mass is 532 g/mol. The molecule has 11 heteroatoms. The highest BCUT2D eigenvalue weighted by molar-refractivity contribution is 7.17. The van der Waals surface area contributed by atoms with Crippen LogP contribution in [0.1, 0.15) is 75.6 Å². The number of ether oxygens (including phenoxy) is 1. The molecule has 0 unspecified atom stereocenters. The summed E-state index contributed by atoms with van der Waals surface area (Å²) in [6.07, 6.45) is -2.40. The van der Waals surface area contributed by atoms with Crippen molar-refractivity contribution in [1.29, 1.82) is 0 Å². The summed E-state index contributed by atoms with van der Waals surface area (Å²) < 4.78 is 48.1. The van der Waals surface area contributed by atoms with Crippen molar-refractivity contribution in [3.05, 3.63) is 63.7 Å². The Labute approximate surface area is 216 Å². The summed E-state index contributed by atoms with van der Waals surface area (Å²) in [7, 11) is 0. The number of carbonyl (C=O) groups excluding carboxylic acids is 2. The first-order valence-corrected chi connectivity index (χ1v) is 13.1. The van der Waals surface area contributed by atoms with Crippen LogP contribution in [0.3, 0.4) is 0 Å². The molecule has 3 atom stereocenters. The lowest BCUT2D eigenvalue weighted by Gasteiger charge is -2.33. The van der Waals surface area contributed by atoms with E-state index in [0.717, 1.165) is 28.0 Å². The summed E-state index contributed by atoms with van der Waals surface area (Å²) in [6.45, 7) is 4.03. The molecule has 0 fully saturated rings. The smallest absolute Gasteiger partial charge is 0.410 e. The van der Waals surface area contributed by atoms with Crippen LogP contribution in [-0.4, -0.2) is 34.4 Å². The number of fused-ring (bicyclic) bond motifs is 2. The van der Waals surface area contributed by atoms with Gasteiger partial charge < -0.3 is 15.4 Å². The molecule has 2 aromatic heterocycles. The fourth-order valence-electron chi connectivity index (χ4n) is 5.01. The van der Waals surface area contributed by atoms with Gasteiger partial charge in [-0.05, 0) is 43.2 Å². The van der Waals surface area contributed by atoms with Crippen LogP contribution in [-0.2, 0) is 17.6 Å². The molecule has 0 saturated carbocycles. The Morgan fingerprint density at radius 3 is 2.73 bits per heavy atom. The van der Waals surface area contributed by atoms with Gasteiger partial charge in [-0.2, -0.15) is 18.3 Å². The zero-order valence-electron chi connectivity index (χ0n) is 20.4. The van der Waals surface area contributed by atoms with Gasteiger partial charge in [-0.1, -0.05) is 37.3 Å². The van der Waals surface area contributed by atoms with Crippen molar-refractivity contribution in [2.75, 3.05) is 17.2 Å². The molecule has 7 nitrogen and oxygen atoms in total. The zero-order chi connectivity index (χ0) is 26.3. The van der Waals surface area contributed by atoms with E-state index in [1.165, 1.54) is 17.4 Å². The van der Waals surface area contributed by atoms with E-state index in [1.807, 2.05) is 0 Å². The topological polar surface area (TPSA) is 85.2 Å². The third-order valence-electron chi connectivity index (χ3n) is 6.84. The maximum atomic E-state index is 14.0. The first-order chi connectivity index (χ1) is 17.7. The van der Waals surface area contributed by atoms with E-state index in [2.05, 4.69) is 22.7 Å². The summed E-state index contributed by atoms with van der Waals surface area (Å²) in [4.78, 5) is 27.0. The van der Waals surface area contributed by atoms with Crippen LogP contribution in [0.2, 0.25) is 0 Å². The number of nitrogens with one attached hydrogen (secondary N) is 2. The van der Waals surface area contributed by atoms with Crippen LogP contribution in [0.4, 0.5) is 24.0 Å². The molecule has 1 aromatic carbocycles. The Kier molecular flexibility index (Phi) is 6.74. The number of halogens is 3. The molecule has 2 N–H and O–H groups in total. The summed E-state index contributed by atoms with van der Waals surface area (Å²) in [5.41, 5.74) is 1.76. The number of esters is 1. The third-order valence-corrected chi connectivity index (χ3v) is 8.01. The number of alkyl halides is 3. The number of amides is 1. The van der Waals surface area contributed by atoms with Gasteiger partial charge in [0.2, 0.25) is 0 Å². The quantitative estimate of drug-likeness (QED) is 0.385. The molecule has 0 radical (unpaired) electrons. The summed E-state index contributed by atoms with van der Waals surface area (Å²) in [6, 6.07) is 7.72. The number of aromatic nitrogens is 2. The van der Waals surface area contributed by atoms with Gasteiger partial charge in [0.05, 0.1) is 18.2 Å². The van der Waals surface area contributed by atoms with E-state index < -0.39 is 30.1 Å². The van der Waals surface area contributed by atoms with E-state index in [0.29, 0.717) is 28.5 Å². The van der Waals surface area contributed by atoms with Crippen molar-refractivity contribution < 1.29 is 27.5 Å². The van der Waals surface area contributed by atoms with Crippen LogP contribution in [0, 0.1) is 5.92 Å². The molecule has 1 aliphatic carbocycles. The van der Waals surface area contributed by atoms with Crippen molar-refractivity contribution in [3.8, 4) is 0 Å². The van der Waals surface area contributed by atoms with E-state index >= 15 is 0 Å². The fourth-order valence-corrected chi connectivity index (χ4v) is 6.41. The van der Waals surface area contributed by atoms with Crippen molar-refractivity contribution in [3.63, 3.8) is 0 Å². The Balaban J connectivity index is 1.46. The van der Waals surface area contributed by atoms with Crippen LogP contribution in [0.15, 0.2) is 36.4 Å². The second-order valence-electron chi connectivity index (χ2n) is 9.49. The molecule has 0 bridgehead atoms. The van der Waals surface area contributed by atoms with Gasteiger partial charge >= 0.3 is 12.1 Å². The number of hydrogen-bond acceptors (Lipinski definition) is 6. The number of rotatable bonds is 5. The fraction of sp³-hybridized carbons (Fsp3) is 0.423. The number of anilines is 2. The lowest BCUT2D eigenvalue weighted by molar-refractivity contribution is -0.173. The van der Waals surface area contributed by atoms with E-state index in [1.54, 1.807) is 37.3 Å². The Bertz CT molecular complexity index is 1320. The largest absolute Gasteiger partial charge is 0.462 e. The Hall–Kier alpha value is -3.34. The molecule has 1 aliphatic heterocycles. The first kappa shape index (κ1) is 25.3. The van der Waals surface area contributed by atoms with Gasteiger partial charge in [0.15, 0.2) is 11.7 Å². The van der Waals surface area contributed by atoms with Crippen molar-refractivity contribution in [2.24, 2.45) is 5.92 Å². The molecule has 0 spiro atoms. The number of thiophene rings is 1. The van der Waals surface area contributed by atoms with Gasteiger partial charge in [-0.15, -0.1) is 11.3 Å². The van der Waals surface area contributed by atoms with Crippen LogP contribution in [0.5, 0.6) is 0 Å². The second-order valence-corrected chi connectivity index (χ2v) is 10.6. The average molecular weight is 533 g/mol. The number of carbonyl (C=O) groups is 2. The van der Waals surface area contributed by atoms with Gasteiger partial charge in [-0.25, -0.2) is 9.48 Å². The molecular formula is C26H27F3N4O3S. The normalized spacial score (nSPS) is 20.9. The van der Waals surface area contributed by atoms with Gasteiger partial charge in [-0.3, -0.25) is 4.79 Å². The first-order valence-electron chi connectivity index (χ1n) is 12.3. The second kappa shape index (κ2) is 9.85. The minimum atomic E-state index is -4.55. The molecule has 3 heterocycles. The molecule has 0 saturated heterocycles. The lowest BCUT2D eigenvalue weighted by Crippen LogP contribution is -2.35. The average Bonchev–Trinajstić information content (AvgIpc) is 3.44. The van der Waals surface area contributed by atoms with Crippen molar-refractivity contribution in [2.45, 2.75) is 57.8 Å². The van der Waals surface area contributed by atoms with E-state index in [4.69, 9.17) is 4.74 Å². The van der Waals surface area contributed by atoms with Gasteiger partial charge in [0, 0.05) is 17.4 Å². The Morgan fingerprint density at radius 2 is 2.03 bits per heavy atom. The standard InChI is InChI=1S/C26H27F3N4O3S/c1-3-36-25(35)22-16-10-9-14(2)11-19(16)37-24(22)31-23(34)18-13-21-30-17(15-7-5-4-6-8-15)12-20(26(27,28)29)33(21)32-18/h4-8,13-14,17,20,30H,3,9-12H2,1-2H3,(H,31,34)/t14-,17-,20+/m1/s1. The molecule has 1 amide bonds. The van der Waals surface area contributed by atoms with Gasteiger partial charge in [0.1, 0.15) is 10.8 Å². The number of hydrogen-bond donors (Lipinski definition) is 2. The molecular weight excluding hydrogens is 505 g/mol. The minimum Gasteiger partial charge on any atom is -0.462 e. The van der Waals surface area contributed by atoms with Crippen molar-refractivity contribution in [1.82, 2.24) is 9.78 Å². The predicted octanol–water partition coefficient (Wildman–Crippen LogP) is 6.16. The van der Waals surface area contributed by atoms with E-state index in [-0.39, 0.29) is 24.5 Å². The van der Waals surface area contributed by atoms with Crippen LogP contribution >= 0.6 is 11.3 Å². The highest BCUT2D eigenvalue weighted by Crippen LogP contribution is 2.44. The highest BCUT2D eigenvalue weighted by atomic mass is 32.1. The molecule has 37 heavy (non-hydrogen) atoms. The van der Waals surface area contributed by atoms with Gasteiger partial charge in [0.25, 0.3) is 5.91 Å². The summed E-state index contributed by atoms with van der Waals surface area (Å²) in [5, 5.41) is 10.2. The van der Waals surface area contributed by atoms with Crippen molar-refractivity contribution >= 4 is 34.0 Å². The number of benzene rings is 1. The Morgan fingerprint density at radius 1 is 1.27 bits per heavy atom. The molecule has 2 aliphatic rings. The highest BCUT2D eigenvalue weighted by Gasteiger charge is 2.47. The van der Waals surface area contributed by atoms with Crippen LogP contribution in [0.25, 0.3) is 0 Å².